The lowest BCUT2D eigenvalue weighted by atomic mass is 10.1. The number of rotatable bonds is 8. The lowest BCUT2D eigenvalue weighted by molar-refractivity contribution is 0.0946. The SMILES string of the molecule is CCN(CC)S(=O)(=O)c1ccc2c(c1)cc(C(=O)NCCc1ccccc1)n2C. The van der Waals surface area contributed by atoms with Gasteiger partial charge < -0.3 is 9.88 Å². The lowest BCUT2D eigenvalue weighted by Gasteiger charge is -2.18. The van der Waals surface area contributed by atoms with Crippen molar-refractivity contribution in [1.29, 1.82) is 0 Å². The second-order valence-electron chi connectivity index (χ2n) is 6.89. The Balaban J connectivity index is 1.81. The molecular weight excluding hydrogens is 386 g/mol. The number of benzene rings is 2. The summed E-state index contributed by atoms with van der Waals surface area (Å²) in [6, 6.07) is 16.7. The van der Waals surface area contributed by atoms with Gasteiger partial charge in [0.2, 0.25) is 10.0 Å². The molecule has 1 amide bonds. The largest absolute Gasteiger partial charge is 0.350 e. The van der Waals surface area contributed by atoms with Crippen molar-refractivity contribution in [2.24, 2.45) is 7.05 Å². The number of nitrogens with one attached hydrogen (secondary N) is 1. The Morgan fingerprint density at radius 1 is 1.03 bits per heavy atom. The Morgan fingerprint density at radius 3 is 2.38 bits per heavy atom. The molecule has 0 radical (unpaired) electrons. The molecule has 0 aliphatic carbocycles. The first-order valence-corrected chi connectivity index (χ1v) is 11.2. The quantitative estimate of drug-likeness (QED) is 0.617. The van der Waals surface area contributed by atoms with Crippen molar-refractivity contribution >= 4 is 26.8 Å². The average molecular weight is 414 g/mol. The zero-order valence-corrected chi connectivity index (χ0v) is 17.9. The molecule has 1 N–H and O–H groups in total. The zero-order chi connectivity index (χ0) is 21.0. The van der Waals surface area contributed by atoms with Crippen LogP contribution in [-0.2, 0) is 23.5 Å². The summed E-state index contributed by atoms with van der Waals surface area (Å²) in [7, 11) is -1.73. The number of sulfonamides is 1. The van der Waals surface area contributed by atoms with Gasteiger partial charge in [0.15, 0.2) is 0 Å². The van der Waals surface area contributed by atoms with E-state index in [1.54, 1.807) is 28.8 Å². The van der Waals surface area contributed by atoms with Crippen LogP contribution in [0, 0.1) is 0 Å². The first-order chi connectivity index (χ1) is 13.9. The number of hydrogen-bond donors (Lipinski definition) is 1. The van der Waals surface area contributed by atoms with Gasteiger partial charge >= 0.3 is 0 Å². The number of carbonyl (C=O) groups excluding carboxylic acids is 1. The van der Waals surface area contributed by atoms with E-state index < -0.39 is 10.0 Å². The summed E-state index contributed by atoms with van der Waals surface area (Å²) >= 11 is 0. The van der Waals surface area contributed by atoms with Crippen molar-refractivity contribution < 1.29 is 13.2 Å². The molecule has 1 heterocycles. The molecular formula is C22H27N3O3S. The van der Waals surface area contributed by atoms with Gasteiger partial charge in [-0.05, 0) is 36.2 Å². The molecule has 7 heteroatoms. The van der Waals surface area contributed by atoms with E-state index in [9.17, 15) is 13.2 Å². The van der Waals surface area contributed by atoms with Crippen molar-refractivity contribution in [3.05, 3.63) is 65.9 Å². The lowest BCUT2D eigenvalue weighted by Crippen LogP contribution is -2.30. The average Bonchev–Trinajstić information content (AvgIpc) is 3.05. The summed E-state index contributed by atoms with van der Waals surface area (Å²) in [5.41, 5.74) is 2.48. The Kier molecular flexibility index (Phi) is 6.39. The second kappa shape index (κ2) is 8.80. The summed E-state index contributed by atoms with van der Waals surface area (Å²) in [6.45, 7) is 5.01. The first kappa shape index (κ1) is 21.1. The molecule has 1 aromatic heterocycles. The number of nitrogens with zero attached hydrogens (tertiary/aromatic N) is 2. The minimum atomic E-state index is -3.54. The van der Waals surface area contributed by atoms with E-state index in [0.717, 1.165) is 22.9 Å². The Morgan fingerprint density at radius 2 is 1.72 bits per heavy atom. The van der Waals surface area contributed by atoms with E-state index in [-0.39, 0.29) is 10.8 Å². The predicted molar refractivity (Wildman–Crippen MR) is 116 cm³/mol. The highest BCUT2D eigenvalue weighted by Gasteiger charge is 2.23. The van der Waals surface area contributed by atoms with Crippen LogP contribution in [0.25, 0.3) is 10.9 Å². The standard InChI is InChI=1S/C22H27N3O3S/c1-4-25(5-2)29(27,28)19-11-12-20-18(15-19)16-21(24(20)3)22(26)23-14-13-17-9-7-6-8-10-17/h6-12,15-16H,4-5,13-14H2,1-3H3,(H,23,26). The minimum Gasteiger partial charge on any atom is -0.350 e. The highest BCUT2D eigenvalue weighted by atomic mass is 32.2. The Labute approximate surface area is 172 Å². The van der Waals surface area contributed by atoms with Gasteiger partial charge in [0, 0.05) is 37.6 Å². The molecule has 29 heavy (non-hydrogen) atoms. The molecule has 0 aliphatic heterocycles. The summed E-state index contributed by atoms with van der Waals surface area (Å²) in [5.74, 6) is -0.173. The molecule has 154 valence electrons. The van der Waals surface area contributed by atoms with Crippen LogP contribution in [0.3, 0.4) is 0 Å². The third kappa shape index (κ3) is 4.36. The molecule has 3 aromatic rings. The minimum absolute atomic E-state index is 0.173. The number of fused-ring (bicyclic) bond motifs is 1. The van der Waals surface area contributed by atoms with Crippen LogP contribution in [0.2, 0.25) is 0 Å². The first-order valence-electron chi connectivity index (χ1n) is 9.80. The van der Waals surface area contributed by atoms with Crippen LogP contribution >= 0.6 is 0 Å². The molecule has 0 bridgehead atoms. The number of carbonyl (C=O) groups is 1. The number of aromatic nitrogens is 1. The third-order valence-electron chi connectivity index (χ3n) is 5.13. The van der Waals surface area contributed by atoms with Gasteiger partial charge in [0.25, 0.3) is 5.91 Å². The maximum absolute atomic E-state index is 12.8. The summed E-state index contributed by atoms with van der Waals surface area (Å²) in [6.07, 6.45) is 0.753. The molecule has 0 saturated carbocycles. The zero-order valence-electron chi connectivity index (χ0n) is 17.1. The number of hydrogen-bond acceptors (Lipinski definition) is 3. The van der Waals surface area contributed by atoms with Gasteiger partial charge in [-0.1, -0.05) is 44.2 Å². The van der Waals surface area contributed by atoms with E-state index in [4.69, 9.17) is 0 Å². The molecule has 0 saturated heterocycles. The maximum Gasteiger partial charge on any atom is 0.267 e. The van der Waals surface area contributed by atoms with Gasteiger partial charge in [0.1, 0.15) is 5.69 Å². The maximum atomic E-state index is 12.8. The van der Waals surface area contributed by atoms with Crippen molar-refractivity contribution in [2.45, 2.75) is 25.2 Å². The van der Waals surface area contributed by atoms with Crippen LogP contribution in [0.5, 0.6) is 0 Å². The van der Waals surface area contributed by atoms with Crippen molar-refractivity contribution in [2.75, 3.05) is 19.6 Å². The van der Waals surface area contributed by atoms with Crippen molar-refractivity contribution in [3.63, 3.8) is 0 Å². The topological polar surface area (TPSA) is 71.4 Å². The molecule has 2 aromatic carbocycles. The molecule has 3 rings (SSSR count). The molecule has 0 spiro atoms. The van der Waals surface area contributed by atoms with Gasteiger partial charge in [-0.2, -0.15) is 4.31 Å². The second-order valence-corrected chi connectivity index (χ2v) is 8.83. The predicted octanol–water partition coefficient (Wildman–Crippen LogP) is 3.18. The van der Waals surface area contributed by atoms with Crippen LogP contribution in [0.1, 0.15) is 29.9 Å². The van der Waals surface area contributed by atoms with E-state index in [2.05, 4.69) is 5.32 Å². The number of amides is 1. The van der Waals surface area contributed by atoms with Crippen molar-refractivity contribution in [3.8, 4) is 0 Å². The van der Waals surface area contributed by atoms with E-state index in [0.29, 0.717) is 25.3 Å². The van der Waals surface area contributed by atoms with Crippen LogP contribution < -0.4 is 5.32 Å². The molecule has 0 fully saturated rings. The fourth-order valence-electron chi connectivity index (χ4n) is 3.47. The summed E-state index contributed by atoms with van der Waals surface area (Å²) in [5, 5.41) is 3.67. The van der Waals surface area contributed by atoms with E-state index in [1.165, 1.54) is 4.31 Å². The van der Waals surface area contributed by atoms with Gasteiger partial charge in [0.05, 0.1) is 4.90 Å². The van der Waals surface area contributed by atoms with Gasteiger partial charge in [-0.15, -0.1) is 0 Å². The Hall–Kier alpha value is -2.64. The fourth-order valence-corrected chi connectivity index (χ4v) is 4.97. The van der Waals surface area contributed by atoms with Crippen LogP contribution in [0.4, 0.5) is 0 Å². The molecule has 6 nitrogen and oxygen atoms in total. The molecule has 0 atom stereocenters. The Bertz CT molecular complexity index is 1100. The van der Waals surface area contributed by atoms with Crippen molar-refractivity contribution in [1.82, 2.24) is 14.2 Å². The summed E-state index contributed by atoms with van der Waals surface area (Å²) in [4.78, 5) is 12.9. The highest BCUT2D eigenvalue weighted by Crippen LogP contribution is 2.24. The van der Waals surface area contributed by atoms with Crippen LogP contribution in [-0.4, -0.2) is 42.8 Å². The monoisotopic (exact) mass is 413 g/mol. The number of aryl methyl sites for hydroxylation is 1. The third-order valence-corrected chi connectivity index (χ3v) is 7.18. The summed E-state index contributed by atoms with van der Waals surface area (Å²) < 4.78 is 28.8. The normalized spacial score (nSPS) is 11.9. The van der Waals surface area contributed by atoms with E-state index >= 15 is 0 Å². The molecule has 0 aliphatic rings. The highest BCUT2D eigenvalue weighted by molar-refractivity contribution is 7.89. The fraction of sp³-hybridized carbons (Fsp3) is 0.318. The van der Waals surface area contributed by atoms with Crippen LogP contribution in [0.15, 0.2) is 59.5 Å². The smallest absolute Gasteiger partial charge is 0.267 e. The van der Waals surface area contributed by atoms with E-state index in [1.807, 2.05) is 51.2 Å². The van der Waals surface area contributed by atoms with Gasteiger partial charge in [-0.3, -0.25) is 4.79 Å². The van der Waals surface area contributed by atoms with Gasteiger partial charge in [-0.25, -0.2) is 8.42 Å². The molecule has 0 unspecified atom stereocenters.